The minimum atomic E-state index is -1.22. The summed E-state index contributed by atoms with van der Waals surface area (Å²) in [4.78, 5) is 80.3. The Morgan fingerprint density at radius 2 is 1.59 bits per heavy atom. The number of nitrogens with one attached hydrogen (secondary N) is 2. The van der Waals surface area contributed by atoms with Gasteiger partial charge in [0.15, 0.2) is 0 Å². The van der Waals surface area contributed by atoms with Gasteiger partial charge in [-0.15, -0.1) is 0 Å². The zero-order valence-electron chi connectivity index (χ0n) is 28.0. The van der Waals surface area contributed by atoms with Crippen molar-refractivity contribution in [2.45, 2.75) is 61.9 Å². The first-order chi connectivity index (χ1) is 23.6. The van der Waals surface area contributed by atoms with Gasteiger partial charge >= 0.3 is 11.9 Å². The predicted molar refractivity (Wildman–Crippen MR) is 180 cm³/mol. The van der Waals surface area contributed by atoms with E-state index in [9.17, 15) is 28.8 Å². The van der Waals surface area contributed by atoms with Crippen molar-refractivity contribution in [2.75, 3.05) is 27.3 Å². The van der Waals surface area contributed by atoms with Crippen LogP contribution in [0.5, 0.6) is 0 Å². The normalized spacial score (nSPS) is 19.6. The average molecular weight is 671 g/mol. The average Bonchev–Trinajstić information content (AvgIpc) is 3.13. The Morgan fingerprint density at radius 3 is 2.29 bits per heavy atom. The second kappa shape index (κ2) is 15.3. The molecule has 0 spiro atoms. The Balaban J connectivity index is 1.37. The number of esters is 2. The number of methoxy groups -OCH3 is 2. The van der Waals surface area contributed by atoms with Gasteiger partial charge in [0, 0.05) is 38.8 Å². The maximum Gasteiger partial charge on any atom is 0.328 e. The summed E-state index contributed by atoms with van der Waals surface area (Å²) in [5.41, 5.74) is 0.606. The van der Waals surface area contributed by atoms with Crippen LogP contribution >= 0.6 is 0 Å². The molecule has 1 aromatic heterocycles. The summed E-state index contributed by atoms with van der Waals surface area (Å²) in [6, 6.07) is 18.6. The van der Waals surface area contributed by atoms with Crippen molar-refractivity contribution < 1.29 is 33.4 Å². The van der Waals surface area contributed by atoms with Crippen molar-refractivity contribution in [3.63, 3.8) is 0 Å². The molecule has 2 heterocycles. The van der Waals surface area contributed by atoms with E-state index in [1.165, 1.54) is 24.9 Å². The zero-order valence-corrected chi connectivity index (χ0v) is 28.0. The van der Waals surface area contributed by atoms with E-state index in [0.717, 1.165) is 5.56 Å². The predicted octanol–water partition coefficient (Wildman–Crippen LogP) is 2.58. The topological polar surface area (TPSA) is 153 Å². The van der Waals surface area contributed by atoms with Gasteiger partial charge in [-0.25, -0.2) is 4.79 Å². The van der Waals surface area contributed by atoms with E-state index in [4.69, 9.17) is 9.47 Å². The molecule has 2 N–H and O–H groups in total. The van der Waals surface area contributed by atoms with Crippen molar-refractivity contribution in [1.82, 2.24) is 20.1 Å². The van der Waals surface area contributed by atoms with Crippen LogP contribution in [0.3, 0.4) is 0 Å². The summed E-state index contributed by atoms with van der Waals surface area (Å²) in [6.07, 6.45) is 3.24. The number of nitrogens with zero attached hydrogens (tertiary/aromatic N) is 2. The molecule has 0 saturated carbocycles. The van der Waals surface area contributed by atoms with E-state index in [2.05, 4.69) is 10.6 Å². The lowest BCUT2D eigenvalue weighted by atomic mass is 9.62. The summed E-state index contributed by atoms with van der Waals surface area (Å²) >= 11 is 0. The number of carbonyl (C=O) groups excluding carboxylic acids is 5. The van der Waals surface area contributed by atoms with Gasteiger partial charge in [0.05, 0.1) is 25.6 Å². The van der Waals surface area contributed by atoms with Gasteiger partial charge in [-0.05, 0) is 60.9 Å². The number of aromatic nitrogens is 1. The molecule has 3 amide bonds. The molecule has 0 radical (unpaired) electrons. The van der Waals surface area contributed by atoms with Gasteiger partial charge in [0.1, 0.15) is 11.6 Å². The molecule has 12 nitrogen and oxygen atoms in total. The highest BCUT2D eigenvalue weighted by Crippen LogP contribution is 2.48. The molecule has 2 aromatic carbocycles. The van der Waals surface area contributed by atoms with Crippen molar-refractivity contribution >= 4 is 29.7 Å². The standard InChI is InChI=1S/C37H42N4O8/c1-40-21-9-13-28(33(40)44)32(43)38-25-18-22-41(23-19-25)34(45)27-17-20-37(24-10-5-4-6-11-24,29-14-8-7-12-26(27)29)36(47)39-30(35(46)49-3)15-16-31(42)48-2/h4-14,21,25,27,30H,15-20,22-23H2,1-3H3,(H,38,43)(H,39,47)/t27-,30-,37+/m0/s1. The van der Waals surface area contributed by atoms with E-state index in [-0.39, 0.29) is 35.9 Å². The first kappa shape index (κ1) is 35.1. The summed E-state index contributed by atoms with van der Waals surface area (Å²) < 4.78 is 11.0. The number of fused-ring (bicyclic) bond motifs is 1. The maximum absolute atomic E-state index is 14.5. The minimum absolute atomic E-state index is 0.00285. The Kier molecular flexibility index (Phi) is 11.0. The summed E-state index contributed by atoms with van der Waals surface area (Å²) in [5.74, 6) is -2.61. The number of pyridine rings is 1. The third kappa shape index (κ3) is 7.28. The van der Waals surface area contributed by atoms with Crippen LogP contribution in [0.2, 0.25) is 0 Å². The molecule has 3 atom stereocenters. The monoisotopic (exact) mass is 670 g/mol. The minimum Gasteiger partial charge on any atom is -0.469 e. The number of hydrogen-bond acceptors (Lipinski definition) is 8. The van der Waals surface area contributed by atoms with Gasteiger partial charge in [0.2, 0.25) is 11.8 Å². The molecular weight excluding hydrogens is 628 g/mol. The molecule has 2 aliphatic rings. The number of ether oxygens (including phenoxy) is 2. The van der Waals surface area contributed by atoms with Crippen molar-refractivity contribution in [1.29, 1.82) is 0 Å². The maximum atomic E-state index is 14.5. The summed E-state index contributed by atoms with van der Waals surface area (Å²) in [5, 5.41) is 5.82. The first-order valence-corrected chi connectivity index (χ1v) is 16.5. The van der Waals surface area contributed by atoms with Gasteiger partial charge in [-0.3, -0.25) is 24.0 Å². The lowest BCUT2D eigenvalue weighted by molar-refractivity contribution is -0.147. The van der Waals surface area contributed by atoms with Crippen LogP contribution in [0.1, 0.15) is 71.5 Å². The number of hydrogen-bond donors (Lipinski definition) is 2. The number of rotatable bonds is 10. The van der Waals surface area contributed by atoms with Crippen LogP contribution in [0, 0.1) is 0 Å². The summed E-state index contributed by atoms with van der Waals surface area (Å²) in [7, 11) is 4.07. The van der Waals surface area contributed by atoms with Crippen molar-refractivity contribution in [3.8, 4) is 0 Å². The number of likely N-dealkylation sites (tertiary alicyclic amines) is 1. The van der Waals surface area contributed by atoms with Crippen LogP contribution in [0.25, 0.3) is 0 Å². The van der Waals surface area contributed by atoms with E-state index in [0.29, 0.717) is 49.9 Å². The lowest BCUT2D eigenvalue weighted by Crippen LogP contribution is -2.54. The molecule has 49 heavy (non-hydrogen) atoms. The quantitative estimate of drug-likeness (QED) is 0.312. The SMILES string of the molecule is COC(=O)CC[C@H](NC(=O)[C@@]1(c2ccccc2)CC[C@H](C(=O)N2CCC(NC(=O)c3cccn(C)c3=O)CC2)c2ccccc21)C(=O)OC. The largest absolute Gasteiger partial charge is 0.469 e. The van der Waals surface area contributed by atoms with E-state index < -0.39 is 41.1 Å². The van der Waals surface area contributed by atoms with E-state index >= 15 is 0 Å². The van der Waals surface area contributed by atoms with Crippen LogP contribution in [0.4, 0.5) is 0 Å². The third-order valence-corrected chi connectivity index (χ3v) is 9.72. The van der Waals surface area contributed by atoms with Gasteiger partial charge in [-0.1, -0.05) is 54.6 Å². The van der Waals surface area contributed by atoms with Crippen molar-refractivity contribution in [2.24, 2.45) is 7.05 Å². The number of piperidine rings is 1. The molecule has 0 bridgehead atoms. The van der Waals surface area contributed by atoms with E-state index in [1.807, 2.05) is 54.6 Å². The Morgan fingerprint density at radius 1 is 0.898 bits per heavy atom. The third-order valence-electron chi connectivity index (χ3n) is 9.72. The van der Waals surface area contributed by atoms with Gasteiger partial charge < -0.3 is 29.6 Å². The van der Waals surface area contributed by atoms with Gasteiger partial charge in [-0.2, -0.15) is 0 Å². The molecule has 1 aliphatic carbocycles. The zero-order chi connectivity index (χ0) is 35.1. The molecule has 1 aliphatic heterocycles. The number of amides is 3. The highest BCUT2D eigenvalue weighted by atomic mass is 16.5. The second-order valence-electron chi connectivity index (χ2n) is 12.5. The molecule has 1 fully saturated rings. The smallest absolute Gasteiger partial charge is 0.328 e. The fourth-order valence-electron chi connectivity index (χ4n) is 7.02. The fraction of sp³-hybridized carbons (Fsp3) is 0.405. The summed E-state index contributed by atoms with van der Waals surface area (Å²) in [6.45, 7) is 0.862. The van der Waals surface area contributed by atoms with Crippen LogP contribution in [-0.4, -0.2) is 78.5 Å². The first-order valence-electron chi connectivity index (χ1n) is 16.5. The Hall–Kier alpha value is -5.26. The van der Waals surface area contributed by atoms with Crippen LogP contribution in [0.15, 0.2) is 77.7 Å². The van der Waals surface area contributed by atoms with Crippen LogP contribution in [-0.2, 0) is 41.1 Å². The molecule has 1 saturated heterocycles. The molecule has 5 rings (SSSR count). The Labute approximate surface area is 284 Å². The second-order valence-corrected chi connectivity index (χ2v) is 12.5. The molecule has 0 unspecified atom stereocenters. The number of carbonyl (C=O) groups is 5. The van der Waals surface area contributed by atoms with Crippen molar-refractivity contribution in [3.05, 3.63) is 106 Å². The highest BCUT2D eigenvalue weighted by molar-refractivity contribution is 5.97. The van der Waals surface area contributed by atoms with Crippen LogP contribution < -0.4 is 16.2 Å². The molecule has 12 heteroatoms. The fourth-order valence-corrected chi connectivity index (χ4v) is 7.02. The highest BCUT2D eigenvalue weighted by Gasteiger charge is 2.49. The number of aryl methyl sites for hydroxylation is 1. The molecule has 258 valence electrons. The van der Waals surface area contributed by atoms with E-state index in [1.54, 1.807) is 24.2 Å². The Bertz CT molecular complexity index is 1770. The lowest BCUT2D eigenvalue weighted by Gasteiger charge is -2.43. The van der Waals surface area contributed by atoms with Gasteiger partial charge in [0.25, 0.3) is 11.5 Å². The molecular formula is C37H42N4O8. The number of benzene rings is 2. The molecule has 3 aromatic rings.